The highest BCUT2D eigenvalue weighted by molar-refractivity contribution is 5.46. The van der Waals surface area contributed by atoms with E-state index in [9.17, 15) is 0 Å². The van der Waals surface area contributed by atoms with E-state index in [0.29, 0.717) is 0 Å². The van der Waals surface area contributed by atoms with Gasteiger partial charge in [-0.15, -0.1) is 0 Å². The molecule has 0 bridgehead atoms. The van der Waals surface area contributed by atoms with E-state index in [1.54, 1.807) is 14.2 Å². The number of ether oxygens (including phenoxy) is 2. The lowest BCUT2D eigenvalue weighted by atomic mass is 9.85. The predicted octanol–water partition coefficient (Wildman–Crippen LogP) is 3.23. The fraction of sp³-hybridized carbons (Fsp3) is 0.294. The first-order valence-electron chi connectivity index (χ1n) is 6.57. The Bertz CT molecular complexity index is 566. The minimum absolute atomic E-state index is 0.602. The molecule has 0 amide bonds. The third-order valence-electron chi connectivity index (χ3n) is 3.60. The van der Waals surface area contributed by atoms with Crippen LogP contribution in [0.4, 0.5) is 0 Å². The van der Waals surface area contributed by atoms with Crippen LogP contribution >= 0.6 is 0 Å². The standard InChI is InChI=1S/C17H21NO2/c1-12-5-7-13(8-6-12)17(2,18)14-9-15(19-3)11-16(10-14)20-4/h5-11H,18H2,1-4H3. The lowest BCUT2D eigenvalue weighted by Crippen LogP contribution is -2.34. The van der Waals surface area contributed by atoms with Crippen molar-refractivity contribution in [1.29, 1.82) is 0 Å². The van der Waals surface area contributed by atoms with Crippen molar-refractivity contribution >= 4 is 0 Å². The Morgan fingerprint density at radius 1 is 0.850 bits per heavy atom. The van der Waals surface area contributed by atoms with Crippen molar-refractivity contribution in [3.05, 3.63) is 59.2 Å². The second kappa shape index (κ2) is 5.55. The van der Waals surface area contributed by atoms with Crippen molar-refractivity contribution in [3.63, 3.8) is 0 Å². The fourth-order valence-electron chi connectivity index (χ4n) is 2.17. The van der Waals surface area contributed by atoms with Crippen LogP contribution < -0.4 is 15.2 Å². The van der Waals surface area contributed by atoms with Gasteiger partial charge < -0.3 is 15.2 Å². The highest BCUT2D eigenvalue weighted by Gasteiger charge is 2.25. The zero-order valence-electron chi connectivity index (χ0n) is 12.4. The Balaban J connectivity index is 2.49. The molecule has 0 aliphatic carbocycles. The van der Waals surface area contributed by atoms with Crippen LogP contribution in [-0.2, 0) is 5.54 Å². The fourth-order valence-corrected chi connectivity index (χ4v) is 2.17. The maximum Gasteiger partial charge on any atom is 0.122 e. The molecule has 0 aliphatic rings. The van der Waals surface area contributed by atoms with Gasteiger partial charge in [-0.25, -0.2) is 0 Å². The first-order valence-corrected chi connectivity index (χ1v) is 6.57. The second-order valence-electron chi connectivity index (χ2n) is 5.17. The molecule has 3 heteroatoms. The van der Waals surface area contributed by atoms with Gasteiger partial charge in [-0.2, -0.15) is 0 Å². The summed E-state index contributed by atoms with van der Waals surface area (Å²) in [7, 11) is 3.27. The van der Waals surface area contributed by atoms with Crippen LogP contribution in [0.15, 0.2) is 42.5 Å². The van der Waals surface area contributed by atoms with Crippen molar-refractivity contribution < 1.29 is 9.47 Å². The van der Waals surface area contributed by atoms with Gasteiger partial charge in [-0.05, 0) is 37.1 Å². The van der Waals surface area contributed by atoms with E-state index in [-0.39, 0.29) is 0 Å². The van der Waals surface area contributed by atoms with Crippen LogP contribution in [0.2, 0.25) is 0 Å². The van der Waals surface area contributed by atoms with Gasteiger partial charge in [0.2, 0.25) is 0 Å². The Labute approximate surface area is 120 Å². The average Bonchev–Trinajstić information content (AvgIpc) is 2.47. The first kappa shape index (κ1) is 14.4. The van der Waals surface area contributed by atoms with E-state index in [2.05, 4.69) is 31.2 Å². The number of aryl methyl sites for hydroxylation is 1. The summed E-state index contributed by atoms with van der Waals surface area (Å²) in [5.41, 5.74) is 9.17. The lowest BCUT2D eigenvalue weighted by Gasteiger charge is -2.27. The van der Waals surface area contributed by atoms with Crippen molar-refractivity contribution in [3.8, 4) is 11.5 Å². The lowest BCUT2D eigenvalue weighted by molar-refractivity contribution is 0.391. The zero-order chi connectivity index (χ0) is 14.8. The second-order valence-corrected chi connectivity index (χ2v) is 5.17. The molecular formula is C17H21NO2. The third-order valence-corrected chi connectivity index (χ3v) is 3.60. The van der Waals surface area contributed by atoms with Gasteiger partial charge in [0, 0.05) is 6.07 Å². The van der Waals surface area contributed by atoms with Gasteiger partial charge in [0.25, 0.3) is 0 Å². The number of hydrogen-bond donors (Lipinski definition) is 1. The number of hydrogen-bond acceptors (Lipinski definition) is 3. The summed E-state index contributed by atoms with van der Waals surface area (Å²) in [4.78, 5) is 0. The molecule has 2 aromatic carbocycles. The van der Waals surface area contributed by atoms with Gasteiger partial charge in [0.05, 0.1) is 19.8 Å². The Kier molecular flexibility index (Phi) is 4.00. The normalized spacial score (nSPS) is 13.7. The molecule has 0 aromatic heterocycles. The largest absolute Gasteiger partial charge is 0.497 e. The van der Waals surface area contributed by atoms with Crippen LogP contribution in [0.1, 0.15) is 23.6 Å². The topological polar surface area (TPSA) is 44.5 Å². The number of rotatable bonds is 4. The van der Waals surface area contributed by atoms with Crippen LogP contribution in [0.5, 0.6) is 11.5 Å². The minimum Gasteiger partial charge on any atom is -0.497 e. The van der Waals surface area contributed by atoms with Gasteiger partial charge in [-0.1, -0.05) is 29.8 Å². The average molecular weight is 271 g/mol. The summed E-state index contributed by atoms with van der Waals surface area (Å²) in [6.45, 7) is 4.05. The minimum atomic E-state index is -0.602. The van der Waals surface area contributed by atoms with Gasteiger partial charge >= 0.3 is 0 Å². The molecule has 0 saturated carbocycles. The number of nitrogens with two attached hydrogens (primary N) is 1. The molecule has 20 heavy (non-hydrogen) atoms. The van der Waals surface area contributed by atoms with Crippen molar-refractivity contribution in [1.82, 2.24) is 0 Å². The molecule has 0 saturated heterocycles. The zero-order valence-corrected chi connectivity index (χ0v) is 12.4. The van der Waals surface area contributed by atoms with E-state index >= 15 is 0 Å². The van der Waals surface area contributed by atoms with Gasteiger partial charge in [-0.3, -0.25) is 0 Å². The van der Waals surface area contributed by atoms with Crippen LogP contribution in [0, 0.1) is 6.92 Å². The molecule has 1 unspecified atom stereocenters. The highest BCUT2D eigenvalue weighted by Crippen LogP contribution is 2.32. The molecule has 0 radical (unpaired) electrons. The maximum atomic E-state index is 6.55. The summed E-state index contributed by atoms with van der Waals surface area (Å²) in [5.74, 6) is 1.48. The van der Waals surface area contributed by atoms with Crippen molar-refractivity contribution in [2.45, 2.75) is 19.4 Å². The summed E-state index contributed by atoms with van der Waals surface area (Å²) < 4.78 is 10.6. The first-order chi connectivity index (χ1) is 9.47. The molecule has 0 aliphatic heterocycles. The summed E-state index contributed by atoms with van der Waals surface area (Å²) in [5, 5.41) is 0. The summed E-state index contributed by atoms with van der Waals surface area (Å²) >= 11 is 0. The molecule has 0 fully saturated rings. The monoisotopic (exact) mass is 271 g/mol. The molecule has 3 nitrogen and oxygen atoms in total. The number of methoxy groups -OCH3 is 2. The molecule has 1 atom stereocenters. The Hall–Kier alpha value is -2.00. The molecule has 0 heterocycles. The SMILES string of the molecule is COc1cc(OC)cc(C(C)(N)c2ccc(C)cc2)c1. The van der Waals surface area contributed by atoms with Crippen LogP contribution in [-0.4, -0.2) is 14.2 Å². The van der Waals surface area contributed by atoms with Gasteiger partial charge in [0.15, 0.2) is 0 Å². The number of benzene rings is 2. The molecule has 2 rings (SSSR count). The van der Waals surface area contributed by atoms with Crippen molar-refractivity contribution in [2.24, 2.45) is 5.73 Å². The Morgan fingerprint density at radius 3 is 1.80 bits per heavy atom. The third kappa shape index (κ3) is 2.78. The van der Waals surface area contributed by atoms with Crippen molar-refractivity contribution in [2.75, 3.05) is 14.2 Å². The maximum absolute atomic E-state index is 6.55. The predicted molar refractivity (Wildman–Crippen MR) is 81.4 cm³/mol. The van der Waals surface area contributed by atoms with E-state index in [1.807, 2.05) is 25.1 Å². The van der Waals surface area contributed by atoms with E-state index in [4.69, 9.17) is 15.2 Å². The molecule has 2 N–H and O–H groups in total. The molecule has 0 spiro atoms. The van der Waals surface area contributed by atoms with E-state index < -0.39 is 5.54 Å². The summed E-state index contributed by atoms with van der Waals surface area (Å²) in [6, 6.07) is 14.0. The molecule has 2 aromatic rings. The quantitative estimate of drug-likeness (QED) is 0.928. The smallest absolute Gasteiger partial charge is 0.122 e. The van der Waals surface area contributed by atoms with Gasteiger partial charge in [0.1, 0.15) is 11.5 Å². The van der Waals surface area contributed by atoms with Crippen LogP contribution in [0.25, 0.3) is 0 Å². The summed E-state index contributed by atoms with van der Waals surface area (Å²) in [6.07, 6.45) is 0. The Morgan fingerprint density at radius 2 is 1.35 bits per heavy atom. The molecule has 106 valence electrons. The van der Waals surface area contributed by atoms with E-state index in [0.717, 1.165) is 22.6 Å². The molecular weight excluding hydrogens is 250 g/mol. The van der Waals surface area contributed by atoms with Crippen LogP contribution in [0.3, 0.4) is 0 Å². The highest BCUT2D eigenvalue weighted by atomic mass is 16.5. The van der Waals surface area contributed by atoms with E-state index in [1.165, 1.54) is 5.56 Å².